The van der Waals surface area contributed by atoms with Gasteiger partial charge in [0.25, 0.3) is 11.9 Å². The van der Waals surface area contributed by atoms with Gasteiger partial charge in [0.05, 0.1) is 33.8 Å². The van der Waals surface area contributed by atoms with E-state index in [4.69, 9.17) is 14.2 Å². The summed E-state index contributed by atoms with van der Waals surface area (Å²) in [7, 11) is 4.10. The summed E-state index contributed by atoms with van der Waals surface area (Å²) in [5, 5.41) is 2.74. The van der Waals surface area contributed by atoms with Crippen molar-refractivity contribution in [3.63, 3.8) is 0 Å². The van der Waals surface area contributed by atoms with Crippen LogP contribution in [0.15, 0.2) is 23.2 Å². The first-order chi connectivity index (χ1) is 11.5. The number of rotatable bonds is 6. The minimum Gasteiger partial charge on any atom is -0.465 e. The van der Waals surface area contributed by atoms with E-state index >= 15 is 0 Å². The standard InChI is InChI=1S/C17H25N3O4/c1-12(2)10-22-17(18-7-8-20(3)4)19-16(21)13-5-6-14-15(9-13)24-11-23-14/h5-6,9,12H,7-8,10-11H2,1-4H3,(H,18,19,21)/p+1. The molecule has 0 bridgehead atoms. The van der Waals surface area contributed by atoms with E-state index < -0.39 is 0 Å². The smallest absolute Gasteiger partial charge is 0.291 e. The number of hydrogen-bond donors (Lipinski definition) is 2. The number of amidine groups is 1. The lowest BCUT2D eigenvalue weighted by Crippen LogP contribution is -3.06. The van der Waals surface area contributed by atoms with Crippen molar-refractivity contribution < 1.29 is 23.9 Å². The van der Waals surface area contributed by atoms with Crippen LogP contribution in [-0.2, 0) is 4.74 Å². The fraction of sp³-hybridized carbons (Fsp3) is 0.529. The Balaban J connectivity index is 2.02. The van der Waals surface area contributed by atoms with Crippen molar-refractivity contribution in [2.45, 2.75) is 13.8 Å². The van der Waals surface area contributed by atoms with E-state index in [0.29, 0.717) is 36.1 Å². The second-order valence-corrected chi connectivity index (χ2v) is 6.37. The summed E-state index contributed by atoms with van der Waals surface area (Å²) >= 11 is 0. The third-order valence-electron chi connectivity index (χ3n) is 3.28. The lowest BCUT2D eigenvalue weighted by molar-refractivity contribution is -0.856. The van der Waals surface area contributed by atoms with Crippen LogP contribution in [0.25, 0.3) is 0 Å². The van der Waals surface area contributed by atoms with E-state index in [1.54, 1.807) is 18.2 Å². The van der Waals surface area contributed by atoms with E-state index in [1.807, 2.05) is 13.8 Å². The lowest BCUT2D eigenvalue weighted by atomic mass is 10.2. The molecule has 0 saturated carbocycles. The van der Waals surface area contributed by atoms with Crippen LogP contribution in [-0.4, -0.2) is 52.5 Å². The molecule has 1 aliphatic rings. The van der Waals surface area contributed by atoms with Crippen molar-refractivity contribution >= 4 is 11.9 Å². The van der Waals surface area contributed by atoms with Crippen LogP contribution in [0.2, 0.25) is 0 Å². The van der Waals surface area contributed by atoms with Gasteiger partial charge in [0, 0.05) is 5.56 Å². The van der Waals surface area contributed by atoms with Gasteiger partial charge in [0.2, 0.25) is 6.79 Å². The molecule has 1 aromatic carbocycles. The number of fused-ring (bicyclic) bond motifs is 1. The zero-order valence-corrected chi connectivity index (χ0v) is 14.7. The fourth-order valence-electron chi connectivity index (χ4n) is 1.95. The van der Waals surface area contributed by atoms with E-state index in [9.17, 15) is 4.79 Å². The van der Waals surface area contributed by atoms with Crippen LogP contribution in [0.5, 0.6) is 11.5 Å². The Hall–Kier alpha value is -2.28. The number of nitrogens with zero attached hydrogens (tertiary/aromatic N) is 1. The molecule has 0 spiro atoms. The average Bonchev–Trinajstić information content (AvgIpc) is 2.99. The second kappa shape index (κ2) is 8.54. The number of aliphatic imine (C=N–C) groups is 1. The van der Waals surface area contributed by atoms with Gasteiger partial charge in [0.1, 0.15) is 0 Å². The van der Waals surface area contributed by atoms with Crippen molar-refractivity contribution in [1.82, 2.24) is 5.32 Å². The van der Waals surface area contributed by atoms with E-state index in [1.165, 1.54) is 4.90 Å². The van der Waals surface area contributed by atoms with Crippen LogP contribution in [0.4, 0.5) is 0 Å². The molecular formula is C17H26N3O4+. The Morgan fingerprint density at radius 3 is 2.79 bits per heavy atom. The zero-order chi connectivity index (χ0) is 17.5. The van der Waals surface area contributed by atoms with Crippen molar-refractivity contribution in [2.24, 2.45) is 10.9 Å². The van der Waals surface area contributed by atoms with Gasteiger partial charge in [-0.2, -0.15) is 0 Å². The monoisotopic (exact) mass is 336 g/mol. The maximum Gasteiger partial charge on any atom is 0.291 e. The molecule has 24 heavy (non-hydrogen) atoms. The summed E-state index contributed by atoms with van der Waals surface area (Å²) in [6.07, 6.45) is 0. The maximum absolute atomic E-state index is 12.4. The van der Waals surface area contributed by atoms with E-state index in [0.717, 1.165) is 6.54 Å². The second-order valence-electron chi connectivity index (χ2n) is 6.37. The van der Waals surface area contributed by atoms with Crippen molar-refractivity contribution in [3.05, 3.63) is 23.8 Å². The molecule has 1 heterocycles. The van der Waals surface area contributed by atoms with Crippen LogP contribution in [0.1, 0.15) is 24.2 Å². The molecule has 1 aliphatic heterocycles. The average molecular weight is 336 g/mol. The van der Waals surface area contributed by atoms with Crippen LogP contribution in [0, 0.1) is 5.92 Å². The Kier molecular flexibility index (Phi) is 6.43. The number of carbonyl (C=O) groups is 1. The van der Waals surface area contributed by atoms with Crippen molar-refractivity contribution in [2.75, 3.05) is 40.6 Å². The van der Waals surface area contributed by atoms with Gasteiger partial charge in [-0.05, 0) is 24.1 Å². The first-order valence-electron chi connectivity index (χ1n) is 8.13. The molecule has 0 fully saturated rings. The summed E-state index contributed by atoms with van der Waals surface area (Å²) in [4.78, 5) is 18.1. The summed E-state index contributed by atoms with van der Waals surface area (Å²) in [6, 6.07) is 5.32. The Labute approximate surface area is 142 Å². The molecule has 0 saturated heterocycles. The van der Waals surface area contributed by atoms with Gasteiger partial charge < -0.3 is 19.1 Å². The molecule has 7 nitrogen and oxygen atoms in total. The molecule has 1 aromatic rings. The number of amides is 1. The highest BCUT2D eigenvalue weighted by Gasteiger charge is 2.17. The first-order valence-corrected chi connectivity index (χ1v) is 8.13. The summed E-state index contributed by atoms with van der Waals surface area (Å²) in [5.74, 6) is 1.27. The van der Waals surface area contributed by atoms with Gasteiger partial charge >= 0.3 is 0 Å². The molecule has 2 N–H and O–H groups in total. The molecule has 0 aliphatic carbocycles. The highest BCUT2D eigenvalue weighted by molar-refractivity contribution is 6.04. The minimum atomic E-state index is -0.284. The molecule has 2 rings (SSSR count). The summed E-state index contributed by atoms with van der Waals surface area (Å²) in [5.41, 5.74) is 0.471. The third-order valence-corrected chi connectivity index (χ3v) is 3.28. The van der Waals surface area contributed by atoms with Gasteiger partial charge in [-0.1, -0.05) is 13.8 Å². The number of ether oxygens (including phenoxy) is 3. The first kappa shape index (κ1) is 18.1. The van der Waals surface area contributed by atoms with Gasteiger partial charge in [-0.15, -0.1) is 0 Å². The predicted molar refractivity (Wildman–Crippen MR) is 90.8 cm³/mol. The number of quaternary nitrogens is 1. The Bertz CT molecular complexity index is 599. The molecule has 7 heteroatoms. The highest BCUT2D eigenvalue weighted by atomic mass is 16.7. The third kappa shape index (κ3) is 5.42. The number of benzene rings is 1. The molecule has 0 radical (unpaired) electrons. The molecule has 132 valence electrons. The number of likely N-dealkylation sites (N-methyl/N-ethyl adjacent to an activating group) is 1. The van der Waals surface area contributed by atoms with Crippen LogP contribution in [0.3, 0.4) is 0 Å². The van der Waals surface area contributed by atoms with Gasteiger partial charge in [-0.3, -0.25) is 10.1 Å². The quantitative estimate of drug-likeness (QED) is 0.580. The number of hydrogen-bond acceptors (Lipinski definition) is 5. The molecule has 1 amide bonds. The molecule has 0 aromatic heterocycles. The normalized spacial score (nSPS) is 13.5. The van der Waals surface area contributed by atoms with Gasteiger partial charge in [-0.25, -0.2) is 4.99 Å². The zero-order valence-electron chi connectivity index (χ0n) is 14.7. The van der Waals surface area contributed by atoms with Crippen molar-refractivity contribution in [3.8, 4) is 11.5 Å². The minimum absolute atomic E-state index is 0.178. The Morgan fingerprint density at radius 2 is 2.08 bits per heavy atom. The largest absolute Gasteiger partial charge is 0.465 e. The Morgan fingerprint density at radius 1 is 1.33 bits per heavy atom. The maximum atomic E-state index is 12.4. The van der Waals surface area contributed by atoms with Gasteiger partial charge in [0.15, 0.2) is 11.5 Å². The number of nitrogens with one attached hydrogen (secondary N) is 2. The van der Waals surface area contributed by atoms with E-state index in [2.05, 4.69) is 24.4 Å². The molecular weight excluding hydrogens is 310 g/mol. The predicted octanol–water partition coefficient (Wildman–Crippen LogP) is 0.318. The van der Waals surface area contributed by atoms with Crippen LogP contribution >= 0.6 is 0 Å². The summed E-state index contributed by atoms with van der Waals surface area (Å²) < 4.78 is 16.2. The summed E-state index contributed by atoms with van der Waals surface area (Å²) in [6.45, 7) is 6.20. The lowest BCUT2D eigenvalue weighted by Gasteiger charge is -2.13. The van der Waals surface area contributed by atoms with E-state index in [-0.39, 0.29) is 18.7 Å². The fourth-order valence-corrected chi connectivity index (χ4v) is 1.95. The van der Waals surface area contributed by atoms with Crippen molar-refractivity contribution in [1.29, 1.82) is 0 Å². The SMILES string of the molecule is CC(C)COC(=NCC[NH+](C)C)NC(=O)c1ccc2c(c1)OCO2. The molecule has 0 unspecified atom stereocenters. The topological polar surface area (TPSA) is 73.6 Å². The van der Waals surface area contributed by atoms with Crippen LogP contribution < -0.4 is 19.7 Å². The highest BCUT2D eigenvalue weighted by Crippen LogP contribution is 2.32. The number of carbonyl (C=O) groups excluding carboxylic acids is 1. The molecule has 0 atom stereocenters.